The molecule has 23 heavy (non-hydrogen) atoms. The van der Waals surface area contributed by atoms with Crippen LogP contribution in [0.2, 0.25) is 0 Å². The summed E-state index contributed by atoms with van der Waals surface area (Å²) in [6.07, 6.45) is 6.16. The molecule has 1 aromatic carbocycles. The minimum absolute atomic E-state index is 0.113. The molecule has 4 unspecified atom stereocenters. The second-order valence-corrected chi connectivity index (χ2v) is 7.09. The van der Waals surface area contributed by atoms with Crippen molar-refractivity contribution < 1.29 is 14.6 Å². The highest BCUT2D eigenvalue weighted by Gasteiger charge is 2.41. The van der Waals surface area contributed by atoms with Crippen LogP contribution in [0, 0.1) is 0 Å². The number of rotatable bonds is 3. The van der Waals surface area contributed by atoms with Gasteiger partial charge in [-0.05, 0) is 49.7 Å². The molecule has 4 rings (SSSR count). The summed E-state index contributed by atoms with van der Waals surface area (Å²) in [4.78, 5) is 12.2. The highest BCUT2D eigenvalue weighted by Crippen LogP contribution is 2.35. The fourth-order valence-corrected chi connectivity index (χ4v) is 4.32. The number of carbonyl (C=O) groups is 1. The van der Waals surface area contributed by atoms with Crippen molar-refractivity contribution in [2.45, 2.75) is 62.4 Å². The highest BCUT2D eigenvalue weighted by atomic mass is 16.5. The molecule has 2 aliphatic heterocycles. The summed E-state index contributed by atoms with van der Waals surface area (Å²) < 4.78 is 5.75. The van der Waals surface area contributed by atoms with Gasteiger partial charge in [0.15, 0.2) is 0 Å². The minimum atomic E-state index is -0.961. The van der Waals surface area contributed by atoms with Crippen LogP contribution in [-0.2, 0) is 16.8 Å². The molecule has 2 heterocycles. The number of carbonyl (C=O) groups excluding carboxylic acids is 1. The van der Waals surface area contributed by atoms with Crippen LogP contribution in [0.5, 0.6) is 0 Å². The van der Waals surface area contributed by atoms with E-state index in [2.05, 4.69) is 16.7 Å². The van der Waals surface area contributed by atoms with Crippen molar-refractivity contribution in [1.29, 1.82) is 0 Å². The van der Waals surface area contributed by atoms with Crippen LogP contribution in [0.25, 0.3) is 0 Å². The molecule has 5 nitrogen and oxygen atoms in total. The van der Waals surface area contributed by atoms with Crippen molar-refractivity contribution in [3.8, 4) is 0 Å². The molecule has 2 bridgehead atoms. The number of ether oxygens (including phenoxy) is 1. The van der Waals surface area contributed by atoms with E-state index in [1.165, 1.54) is 5.56 Å². The van der Waals surface area contributed by atoms with E-state index in [1.807, 2.05) is 18.2 Å². The van der Waals surface area contributed by atoms with Crippen LogP contribution in [0.1, 0.15) is 43.2 Å². The number of fused-ring (bicyclic) bond motifs is 3. The zero-order valence-electron chi connectivity index (χ0n) is 13.3. The molecule has 3 aliphatic rings. The molecule has 1 aromatic rings. The quantitative estimate of drug-likeness (QED) is 0.797. The van der Waals surface area contributed by atoms with Gasteiger partial charge in [-0.25, -0.2) is 4.79 Å². The topological polar surface area (TPSA) is 70.6 Å². The van der Waals surface area contributed by atoms with E-state index in [4.69, 9.17) is 4.74 Å². The molecule has 0 spiro atoms. The summed E-state index contributed by atoms with van der Waals surface area (Å²) in [5, 5.41) is 16.8. The molecule has 3 N–H and O–H groups in total. The molecule has 2 fully saturated rings. The Hall–Kier alpha value is -1.59. The van der Waals surface area contributed by atoms with Crippen molar-refractivity contribution in [2.24, 2.45) is 0 Å². The summed E-state index contributed by atoms with van der Waals surface area (Å²) in [6, 6.07) is 7.88. The Morgan fingerprint density at radius 3 is 3.00 bits per heavy atom. The van der Waals surface area contributed by atoms with E-state index in [1.54, 1.807) is 0 Å². The molecule has 2 saturated heterocycles. The molecule has 0 radical (unpaired) electrons. The first-order valence-corrected chi connectivity index (χ1v) is 8.65. The van der Waals surface area contributed by atoms with Crippen molar-refractivity contribution in [1.82, 2.24) is 10.6 Å². The smallest absolute Gasteiger partial charge is 0.315 e. The van der Waals surface area contributed by atoms with Crippen LogP contribution in [0.3, 0.4) is 0 Å². The van der Waals surface area contributed by atoms with Crippen LogP contribution >= 0.6 is 0 Å². The van der Waals surface area contributed by atoms with Gasteiger partial charge in [0, 0.05) is 0 Å². The monoisotopic (exact) mass is 316 g/mol. The fourth-order valence-electron chi connectivity index (χ4n) is 4.32. The zero-order chi connectivity index (χ0) is 15.9. The molecule has 4 atom stereocenters. The minimum Gasteiger partial charge on any atom is -0.383 e. The first-order valence-electron chi connectivity index (χ1n) is 8.65. The SMILES string of the molecule is O=C(NCC1(O)CCCc2ccccc21)NC1CC2CCC1O2. The standard InChI is InChI=1S/C18H24N2O3/c21-17(20-15-10-13-7-8-16(15)23-13)19-11-18(22)9-3-5-12-4-1-2-6-14(12)18/h1-2,4,6,13,15-16,22H,3,5,7-11H2,(H2,19,20,21). The maximum atomic E-state index is 12.2. The number of amides is 2. The van der Waals surface area contributed by atoms with Gasteiger partial charge in [-0.2, -0.15) is 0 Å². The normalized spacial score (nSPS) is 34.9. The number of hydrogen-bond acceptors (Lipinski definition) is 3. The number of aliphatic hydroxyl groups is 1. The molecule has 0 aromatic heterocycles. The first kappa shape index (κ1) is 15.0. The lowest BCUT2D eigenvalue weighted by Crippen LogP contribution is -2.50. The third-order valence-electron chi connectivity index (χ3n) is 5.52. The molecular weight excluding hydrogens is 292 g/mol. The lowest BCUT2D eigenvalue weighted by Gasteiger charge is -2.34. The predicted octanol–water partition coefficient (Wildman–Crippen LogP) is 1.83. The summed E-state index contributed by atoms with van der Waals surface area (Å²) >= 11 is 0. The summed E-state index contributed by atoms with van der Waals surface area (Å²) in [5.41, 5.74) is 1.18. The molecule has 124 valence electrons. The maximum Gasteiger partial charge on any atom is 0.315 e. The first-order chi connectivity index (χ1) is 11.1. The van der Waals surface area contributed by atoms with Gasteiger partial charge in [-0.1, -0.05) is 24.3 Å². The highest BCUT2D eigenvalue weighted by molar-refractivity contribution is 5.74. The third kappa shape index (κ3) is 2.83. The van der Waals surface area contributed by atoms with Crippen molar-refractivity contribution in [3.63, 3.8) is 0 Å². The van der Waals surface area contributed by atoms with Crippen LogP contribution in [0.4, 0.5) is 4.79 Å². The Morgan fingerprint density at radius 2 is 2.22 bits per heavy atom. The van der Waals surface area contributed by atoms with Crippen molar-refractivity contribution in [2.75, 3.05) is 6.54 Å². The van der Waals surface area contributed by atoms with E-state index in [9.17, 15) is 9.90 Å². The second kappa shape index (κ2) is 5.80. The van der Waals surface area contributed by atoms with Crippen molar-refractivity contribution in [3.05, 3.63) is 35.4 Å². The molecule has 5 heteroatoms. The Kier molecular flexibility index (Phi) is 3.77. The Labute approximate surface area is 136 Å². The van der Waals surface area contributed by atoms with E-state index in [-0.39, 0.29) is 24.7 Å². The van der Waals surface area contributed by atoms with Gasteiger partial charge < -0.3 is 20.5 Å². The number of benzene rings is 1. The number of urea groups is 1. The van der Waals surface area contributed by atoms with E-state index < -0.39 is 5.60 Å². The summed E-state index contributed by atoms with van der Waals surface area (Å²) in [5.74, 6) is 0. The molecule has 1 aliphatic carbocycles. The second-order valence-electron chi connectivity index (χ2n) is 7.09. The average molecular weight is 316 g/mol. The Balaban J connectivity index is 1.36. The number of nitrogens with one attached hydrogen (secondary N) is 2. The van der Waals surface area contributed by atoms with Gasteiger partial charge in [0.05, 0.1) is 24.8 Å². The van der Waals surface area contributed by atoms with Crippen LogP contribution in [-0.4, -0.2) is 35.9 Å². The lowest BCUT2D eigenvalue weighted by molar-refractivity contribution is 0.0215. The third-order valence-corrected chi connectivity index (χ3v) is 5.52. The van der Waals surface area contributed by atoms with E-state index >= 15 is 0 Å². The summed E-state index contributed by atoms with van der Waals surface area (Å²) in [7, 11) is 0. The lowest BCUT2D eigenvalue weighted by atomic mass is 9.79. The average Bonchev–Trinajstić information content (AvgIpc) is 3.16. The molecule has 2 amide bonds. The maximum absolute atomic E-state index is 12.2. The van der Waals surface area contributed by atoms with Gasteiger partial charge in [-0.3, -0.25) is 0 Å². The largest absolute Gasteiger partial charge is 0.383 e. The fraction of sp³-hybridized carbons (Fsp3) is 0.611. The zero-order valence-corrected chi connectivity index (χ0v) is 13.3. The van der Waals surface area contributed by atoms with Gasteiger partial charge >= 0.3 is 6.03 Å². The van der Waals surface area contributed by atoms with Crippen molar-refractivity contribution >= 4 is 6.03 Å². The van der Waals surface area contributed by atoms with Gasteiger partial charge in [0.2, 0.25) is 0 Å². The Morgan fingerprint density at radius 1 is 1.35 bits per heavy atom. The molecular formula is C18H24N2O3. The van der Waals surface area contributed by atoms with Gasteiger partial charge in [-0.15, -0.1) is 0 Å². The van der Waals surface area contributed by atoms with Gasteiger partial charge in [0.25, 0.3) is 0 Å². The summed E-state index contributed by atoms with van der Waals surface area (Å²) in [6.45, 7) is 0.248. The van der Waals surface area contributed by atoms with Crippen LogP contribution < -0.4 is 10.6 Å². The van der Waals surface area contributed by atoms with Gasteiger partial charge in [0.1, 0.15) is 5.60 Å². The van der Waals surface area contributed by atoms with Crippen LogP contribution in [0.15, 0.2) is 24.3 Å². The van der Waals surface area contributed by atoms with E-state index in [0.29, 0.717) is 12.5 Å². The number of aryl methyl sites for hydroxylation is 1. The molecule has 0 saturated carbocycles. The Bertz CT molecular complexity index is 606. The van der Waals surface area contributed by atoms with E-state index in [0.717, 1.165) is 37.7 Å². The number of hydrogen-bond donors (Lipinski definition) is 3. The predicted molar refractivity (Wildman–Crippen MR) is 86.1 cm³/mol.